The number of nitrogens with one attached hydrogen (secondary N) is 1. The third-order valence-electron chi connectivity index (χ3n) is 3.17. The van der Waals surface area contributed by atoms with Gasteiger partial charge in [-0.2, -0.15) is 0 Å². The summed E-state index contributed by atoms with van der Waals surface area (Å²) in [6, 6.07) is 10.0. The van der Waals surface area contributed by atoms with E-state index in [1.165, 1.54) is 4.88 Å². The minimum Gasteiger partial charge on any atom is -0.303 e. The molecule has 1 nitrogen and oxygen atoms in total. The van der Waals surface area contributed by atoms with E-state index in [0.29, 0.717) is 5.56 Å². The molecule has 96 valence electrons. The van der Waals surface area contributed by atoms with Crippen LogP contribution in [0.2, 0.25) is 0 Å². The van der Waals surface area contributed by atoms with E-state index >= 15 is 0 Å². The Morgan fingerprint density at radius 2 is 1.94 bits per heavy atom. The lowest BCUT2D eigenvalue weighted by Gasteiger charge is -2.19. The zero-order chi connectivity index (χ0) is 13.1. The van der Waals surface area contributed by atoms with Crippen molar-refractivity contribution in [1.82, 2.24) is 5.32 Å². The summed E-state index contributed by atoms with van der Waals surface area (Å²) in [5.41, 5.74) is 1.68. The molecule has 18 heavy (non-hydrogen) atoms. The number of hydrogen-bond acceptors (Lipinski definition) is 2. The molecule has 0 aliphatic carbocycles. The summed E-state index contributed by atoms with van der Waals surface area (Å²) < 4.78 is 13.5. The van der Waals surface area contributed by atoms with E-state index in [1.54, 1.807) is 24.3 Å². The summed E-state index contributed by atoms with van der Waals surface area (Å²) in [6.45, 7) is 5.98. The first kappa shape index (κ1) is 13.2. The lowest BCUT2D eigenvalue weighted by Crippen LogP contribution is -2.21. The van der Waals surface area contributed by atoms with E-state index in [0.717, 1.165) is 5.56 Å². The van der Waals surface area contributed by atoms with E-state index in [4.69, 9.17) is 0 Å². The van der Waals surface area contributed by atoms with Crippen molar-refractivity contribution in [3.63, 3.8) is 0 Å². The third kappa shape index (κ3) is 2.98. The van der Waals surface area contributed by atoms with Crippen LogP contribution in [0.15, 0.2) is 35.7 Å². The van der Waals surface area contributed by atoms with E-state index in [2.05, 4.69) is 30.6 Å². The van der Waals surface area contributed by atoms with Gasteiger partial charge in [-0.1, -0.05) is 18.2 Å². The Hall–Kier alpha value is -1.19. The summed E-state index contributed by atoms with van der Waals surface area (Å²) in [5, 5.41) is 5.56. The fraction of sp³-hybridized carbons (Fsp3) is 0.333. The standard InChI is InChI=1S/C15H18FNS/c1-10-6-7-13(9-14(10)16)11(2)17-12(3)15-5-4-8-18-15/h4-9,11-12,17H,1-3H3/t11?,12-/m1/s1. The molecule has 2 rings (SSSR count). The minimum atomic E-state index is -0.134. The first-order chi connectivity index (χ1) is 8.58. The Balaban J connectivity index is 2.07. The Morgan fingerprint density at radius 1 is 1.17 bits per heavy atom. The van der Waals surface area contributed by atoms with Crippen molar-refractivity contribution in [1.29, 1.82) is 0 Å². The summed E-state index contributed by atoms with van der Waals surface area (Å²) in [6.07, 6.45) is 0. The zero-order valence-electron chi connectivity index (χ0n) is 10.9. The van der Waals surface area contributed by atoms with Gasteiger partial charge in [-0.15, -0.1) is 11.3 Å². The second kappa shape index (κ2) is 5.63. The smallest absolute Gasteiger partial charge is 0.126 e. The summed E-state index contributed by atoms with van der Waals surface area (Å²) in [7, 11) is 0. The van der Waals surface area contributed by atoms with Gasteiger partial charge in [0.1, 0.15) is 5.82 Å². The van der Waals surface area contributed by atoms with Crippen LogP contribution in [-0.2, 0) is 0 Å². The molecule has 0 aliphatic rings. The van der Waals surface area contributed by atoms with Crippen LogP contribution in [0.3, 0.4) is 0 Å². The maximum Gasteiger partial charge on any atom is 0.126 e. The molecule has 0 amide bonds. The quantitative estimate of drug-likeness (QED) is 0.849. The van der Waals surface area contributed by atoms with Crippen LogP contribution in [0.25, 0.3) is 0 Å². The molecule has 1 aromatic carbocycles. The fourth-order valence-corrected chi connectivity index (χ4v) is 2.71. The largest absolute Gasteiger partial charge is 0.303 e. The average molecular weight is 263 g/mol. The van der Waals surface area contributed by atoms with Crippen molar-refractivity contribution in [2.24, 2.45) is 0 Å². The van der Waals surface area contributed by atoms with Crippen molar-refractivity contribution in [3.05, 3.63) is 57.5 Å². The van der Waals surface area contributed by atoms with Crippen LogP contribution >= 0.6 is 11.3 Å². The van der Waals surface area contributed by atoms with Crippen LogP contribution < -0.4 is 5.32 Å². The van der Waals surface area contributed by atoms with Gasteiger partial charge in [0.25, 0.3) is 0 Å². The molecule has 0 aliphatic heterocycles. The van der Waals surface area contributed by atoms with Gasteiger partial charge in [-0.25, -0.2) is 4.39 Å². The molecule has 0 radical (unpaired) electrons. The van der Waals surface area contributed by atoms with Gasteiger partial charge in [-0.05, 0) is 49.4 Å². The Kier molecular flexibility index (Phi) is 4.15. The molecule has 1 heterocycles. The lowest BCUT2D eigenvalue weighted by molar-refractivity contribution is 0.496. The molecule has 0 fully saturated rings. The minimum absolute atomic E-state index is 0.134. The molecule has 0 bridgehead atoms. The highest BCUT2D eigenvalue weighted by Crippen LogP contribution is 2.23. The van der Waals surface area contributed by atoms with E-state index in [9.17, 15) is 4.39 Å². The van der Waals surface area contributed by atoms with Gasteiger partial charge in [0, 0.05) is 17.0 Å². The second-order valence-electron chi connectivity index (χ2n) is 4.63. The van der Waals surface area contributed by atoms with Crippen LogP contribution in [0.4, 0.5) is 4.39 Å². The molecule has 0 saturated carbocycles. The van der Waals surface area contributed by atoms with E-state index in [1.807, 2.05) is 18.2 Å². The molecule has 3 heteroatoms. The van der Waals surface area contributed by atoms with E-state index < -0.39 is 0 Å². The molecule has 0 spiro atoms. The highest BCUT2D eigenvalue weighted by Gasteiger charge is 2.12. The fourth-order valence-electron chi connectivity index (χ4n) is 1.97. The Morgan fingerprint density at radius 3 is 2.56 bits per heavy atom. The predicted molar refractivity (Wildman–Crippen MR) is 75.4 cm³/mol. The van der Waals surface area contributed by atoms with Crippen LogP contribution in [0.1, 0.15) is 41.9 Å². The SMILES string of the molecule is Cc1ccc(C(C)N[C@H](C)c2cccs2)cc1F. The van der Waals surface area contributed by atoms with E-state index in [-0.39, 0.29) is 17.9 Å². The Labute approximate surface area is 112 Å². The topological polar surface area (TPSA) is 12.0 Å². The average Bonchev–Trinajstić information content (AvgIpc) is 2.86. The highest BCUT2D eigenvalue weighted by atomic mass is 32.1. The number of thiophene rings is 1. The molecular weight excluding hydrogens is 245 g/mol. The summed E-state index contributed by atoms with van der Waals surface area (Å²) in [4.78, 5) is 1.30. The number of benzene rings is 1. The summed E-state index contributed by atoms with van der Waals surface area (Å²) in [5.74, 6) is -0.134. The highest BCUT2D eigenvalue weighted by molar-refractivity contribution is 7.10. The third-order valence-corrected chi connectivity index (χ3v) is 4.22. The molecule has 1 unspecified atom stereocenters. The van der Waals surface area contributed by atoms with Gasteiger partial charge >= 0.3 is 0 Å². The first-order valence-corrected chi connectivity index (χ1v) is 7.01. The molecule has 2 aromatic rings. The van der Waals surface area contributed by atoms with Gasteiger partial charge in [-0.3, -0.25) is 0 Å². The molecule has 0 saturated heterocycles. The zero-order valence-corrected chi connectivity index (χ0v) is 11.7. The van der Waals surface area contributed by atoms with Gasteiger partial charge in [0.2, 0.25) is 0 Å². The maximum absolute atomic E-state index is 13.5. The molecule has 2 atom stereocenters. The van der Waals surface area contributed by atoms with Gasteiger partial charge < -0.3 is 5.32 Å². The van der Waals surface area contributed by atoms with Crippen molar-refractivity contribution in [2.75, 3.05) is 0 Å². The van der Waals surface area contributed by atoms with Gasteiger partial charge in [0.15, 0.2) is 0 Å². The van der Waals surface area contributed by atoms with Crippen molar-refractivity contribution in [2.45, 2.75) is 32.9 Å². The first-order valence-electron chi connectivity index (χ1n) is 6.13. The molecular formula is C15H18FNS. The van der Waals surface area contributed by atoms with Crippen molar-refractivity contribution in [3.8, 4) is 0 Å². The van der Waals surface area contributed by atoms with Crippen molar-refractivity contribution < 1.29 is 4.39 Å². The number of rotatable bonds is 4. The van der Waals surface area contributed by atoms with Crippen LogP contribution in [0, 0.1) is 12.7 Å². The monoisotopic (exact) mass is 263 g/mol. The molecule has 1 aromatic heterocycles. The number of aryl methyl sites for hydroxylation is 1. The van der Waals surface area contributed by atoms with Crippen molar-refractivity contribution >= 4 is 11.3 Å². The Bertz CT molecular complexity index is 507. The maximum atomic E-state index is 13.5. The number of hydrogen-bond donors (Lipinski definition) is 1. The molecule has 1 N–H and O–H groups in total. The number of halogens is 1. The second-order valence-corrected chi connectivity index (χ2v) is 5.61. The lowest BCUT2D eigenvalue weighted by atomic mass is 10.1. The summed E-state index contributed by atoms with van der Waals surface area (Å²) >= 11 is 1.74. The van der Waals surface area contributed by atoms with Crippen LogP contribution in [-0.4, -0.2) is 0 Å². The predicted octanol–water partition coefficient (Wildman–Crippen LogP) is 4.61. The van der Waals surface area contributed by atoms with Crippen LogP contribution in [0.5, 0.6) is 0 Å². The van der Waals surface area contributed by atoms with Gasteiger partial charge in [0.05, 0.1) is 0 Å². The normalized spacial score (nSPS) is 14.4.